The average Bonchev–Trinajstić information content (AvgIpc) is 2.23. The Morgan fingerprint density at radius 3 is 2.28 bits per heavy atom. The third-order valence-electron chi connectivity index (χ3n) is 2.67. The molecule has 0 heterocycles. The van der Waals surface area contributed by atoms with E-state index < -0.39 is 11.6 Å². The molecular formula is C14H22F2N2. The van der Waals surface area contributed by atoms with E-state index in [-0.39, 0.29) is 6.04 Å². The minimum Gasteiger partial charge on any atom is -0.312 e. The summed E-state index contributed by atoms with van der Waals surface area (Å²) < 4.78 is 26.2. The molecule has 1 atom stereocenters. The highest BCUT2D eigenvalue weighted by Gasteiger charge is 2.11. The first-order chi connectivity index (χ1) is 8.51. The number of benzene rings is 1. The smallest absolute Gasteiger partial charge is 0.126 e. The van der Waals surface area contributed by atoms with Crippen LogP contribution in [0.15, 0.2) is 18.2 Å². The molecular weight excluding hydrogens is 234 g/mol. The molecule has 2 nitrogen and oxygen atoms in total. The summed E-state index contributed by atoms with van der Waals surface area (Å²) in [7, 11) is 3.99. The van der Waals surface area contributed by atoms with Crippen LogP contribution in [-0.4, -0.2) is 38.1 Å². The number of hydrogen-bond acceptors (Lipinski definition) is 2. The van der Waals surface area contributed by atoms with Crippen molar-refractivity contribution in [2.75, 3.05) is 27.2 Å². The number of nitrogens with one attached hydrogen (secondary N) is 1. The molecule has 0 amide bonds. The Balaban J connectivity index is 2.68. The van der Waals surface area contributed by atoms with Crippen molar-refractivity contribution >= 4 is 0 Å². The fourth-order valence-electron chi connectivity index (χ4n) is 2.00. The zero-order valence-corrected chi connectivity index (χ0v) is 11.3. The highest BCUT2D eigenvalue weighted by molar-refractivity contribution is 5.19. The van der Waals surface area contributed by atoms with Crippen LogP contribution in [0.3, 0.4) is 0 Å². The Bertz CT molecular complexity index is 347. The number of nitrogens with zero attached hydrogens (tertiary/aromatic N) is 1. The van der Waals surface area contributed by atoms with Crippen LogP contribution in [-0.2, 0) is 6.42 Å². The zero-order valence-electron chi connectivity index (χ0n) is 11.3. The fourth-order valence-corrected chi connectivity index (χ4v) is 2.00. The van der Waals surface area contributed by atoms with Crippen LogP contribution in [0.25, 0.3) is 0 Å². The topological polar surface area (TPSA) is 15.3 Å². The van der Waals surface area contributed by atoms with Crippen molar-refractivity contribution in [3.8, 4) is 0 Å². The van der Waals surface area contributed by atoms with Crippen LogP contribution < -0.4 is 5.32 Å². The van der Waals surface area contributed by atoms with Crippen LogP contribution in [0.1, 0.15) is 18.9 Å². The maximum absolute atomic E-state index is 13.1. The van der Waals surface area contributed by atoms with E-state index >= 15 is 0 Å². The highest BCUT2D eigenvalue weighted by Crippen LogP contribution is 2.10. The van der Waals surface area contributed by atoms with E-state index in [4.69, 9.17) is 0 Å². The van der Waals surface area contributed by atoms with Gasteiger partial charge >= 0.3 is 0 Å². The summed E-state index contributed by atoms with van der Waals surface area (Å²) in [5.41, 5.74) is 0.697. The van der Waals surface area contributed by atoms with E-state index in [2.05, 4.69) is 17.1 Å². The second kappa shape index (κ2) is 7.44. The summed E-state index contributed by atoms with van der Waals surface area (Å²) in [4.78, 5) is 2.07. The Labute approximate surface area is 108 Å². The molecule has 1 N–H and O–H groups in total. The van der Waals surface area contributed by atoms with Crippen molar-refractivity contribution in [1.82, 2.24) is 10.2 Å². The number of likely N-dealkylation sites (N-methyl/N-ethyl adjacent to an activating group) is 1. The van der Waals surface area contributed by atoms with Gasteiger partial charge in [-0.15, -0.1) is 0 Å². The molecule has 0 saturated heterocycles. The van der Waals surface area contributed by atoms with Gasteiger partial charge in [-0.1, -0.05) is 6.92 Å². The van der Waals surface area contributed by atoms with Gasteiger partial charge in [0.2, 0.25) is 0 Å². The maximum atomic E-state index is 13.1. The Morgan fingerprint density at radius 1 is 1.17 bits per heavy atom. The molecule has 0 aliphatic carbocycles. The standard InChI is InChI=1S/C14H22F2N2/c1-4-5-17-14(10-18(2)3)8-11-6-12(15)9-13(16)7-11/h6-7,9,14,17H,4-5,8,10H2,1-3H3. The van der Waals surface area contributed by atoms with Gasteiger partial charge < -0.3 is 10.2 Å². The lowest BCUT2D eigenvalue weighted by atomic mass is 10.0. The van der Waals surface area contributed by atoms with Gasteiger partial charge in [0.1, 0.15) is 11.6 Å². The molecule has 102 valence electrons. The monoisotopic (exact) mass is 256 g/mol. The van der Waals surface area contributed by atoms with E-state index in [0.29, 0.717) is 12.0 Å². The number of rotatable bonds is 7. The minimum absolute atomic E-state index is 0.209. The van der Waals surface area contributed by atoms with E-state index in [1.165, 1.54) is 12.1 Å². The largest absolute Gasteiger partial charge is 0.312 e. The summed E-state index contributed by atoms with van der Waals surface area (Å²) in [6.07, 6.45) is 1.67. The van der Waals surface area contributed by atoms with Gasteiger partial charge in [-0.3, -0.25) is 0 Å². The first-order valence-electron chi connectivity index (χ1n) is 6.34. The molecule has 1 aromatic carbocycles. The third-order valence-corrected chi connectivity index (χ3v) is 2.67. The van der Waals surface area contributed by atoms with Crippen molar-refractivity contribution in [1.29, 1.82) is 0 Å². The van der Waals surface area contributed by atoms with Gasteiger partial charge in [0.05, 0.1) is 0 Å². The molecule has 0 saturated carbocycles. The van der Waals surface area contributed by atoms with Crippen molar-refractivity contribution < 1.29 is 8.78 Å². The van der Waals surface area contributed by atoms with Gasteiger partial charge in [-0.05, 0) is 51.2 Å². The van der Waals surface area contributed by atoms with Crippen LogP contribution >= 0.6 is 0 Å². The molecule has 1 aromatic rings. The molecule has 0 fully saturated rings. The van der Waals surface area contributed by atoms with Crippen LogP contribution in [0, 0.1) is 11.6 Å². The molecule has 0 aliphatic heterocycles. The van der Waals surface area contributed by atoms with Gasteiger partial charge in [0.25, 0.3) is 0 Å². The predicted octanol–water partition coefficient (Wildman–Crippen LogP) is 2.44. The normalized spacial score (nSPS) is 13.0. The van der Waals surface area contributed by atoms with Gasteiger partial charge in [-0.25, -0.2) is 8.78 Å². The fraction of sp³-hybridized carbons (Fsp3) is 0.571. The Kier molecular flexibility index (Phi) is 6.22. The maximum Gasteiger partial charge on any atom is 0.126 e. The summed E-state index contributed by atoms with van der Waals surface area (Å²) >= 11 is 0. The van der Waals surface area contributed by atoms with Gasteiger partial charge in [-0.2, -0.15) is 0 Å². The van der Waals surface area contributed by atoms with E-state index in [1.54, 1.807) is 0 Å². The second-order valence-corrected chi connectivity index (χ2v) is 4.90. The molecule has 0 bridgehead atoms. The van der Waals surface area contributed by atoms with E-state index in [1.807, 2.05) is 14.1 Å². The quantitative estimate of drug-likeness (QED) is 0.806. The predicted molar refractivity (Wildman–Crippen MR) is 70.7 cm³/mol. The number of hydrogen-bond donors (Lipinski definition) is 1. The molecule has 18 heavy (non-hydrogen) atoms. The lowest BCUT2D eigenvalue weighted by Gasteiger charge is -2.22. The van der Waals surface area contributed by atoms with Crippen LogP contribution in [0.5, 0.6) is 0 Å². The van der Waals surface area contributed by atoms with Crippen molar-refractivity contribution in [3.05, 3.63) is 35.4 Å². The zero-order chi connectivity index (χ0) is 13.5. The van der Waals surface area contributed by atoms with Gasteiger partial charge in [0.15, 0.2) is 0 Å². The Morgan fingerprint density at radius 2 is 1.78 bits per heavy atom. The molecule has 1 unspecified atom stereocenters. The lowest BCUT2D eigenvalue weighted by molar-refractivity contribution is 0.335. The van der Waals surface area contributed by atoms with Crippen molar-refractivity contribution in [3.63, 3.8) is 0 Å². The summed E-state index contributed by atoms with van der Waals surface area (Å²) in [6.45, 7) is 3.86. The molecule has 0 spiro atoms. The summed E-state index contributed by atoms with van der Waals surface area (Å²) in [5, 5.41) is 3.40. The molecule has 4 heteroatoms. The summed E-state index contributed by atoms with van der Waals surface area (Å²) in [6, 6.07) is 3.92. The Hall–Kier alpha value is -1.00. The van der Waals surface area contributed by atoms with Crippen LogP contribution in [0.2, 0.25) is 0 Å². The first kappa shape index (κ1) is 15.1. The lowest BCUT2D eigenvalue weighted by Crippen LogP contribution is -2.40. The van der Waals surface area contributed by atoms with Gasteiger partial charge in [0, 0.05) is 18.7 Å². The minimum atomic E-state index is -0.510. The molecule has 0 aromatic heterocycles. The first-order valence-corrected chi connectivity index (χ1v) is 6.34. The number of halogens is 2. The van der Waals surface area contributed by atoms with Crippen molar-refractivity contribution in [2.45, 2.75) is 25.8 Å². The van der Waals surface area contributed by atoms with E-state index in [9.17, 15) is 8.78 Å². The SMILES string of the molecule is CCCNC(Cc1cc(F)cc(F)c1)CN(C)C. The highest BCUT2D eigenvalue weighted by atomic mass is 19.1. The van der Waals surface area contributed by atoms with Crippen molar-refractivity contribution in [2.24, 2.45) is 0 Å². The second-order valence-electron chi connectivity index (χ2n) is 4.90. The third kappa shape index (κ3) is 5.56. The summed E-state index contributed by atoms with van der Waals surface area (Å²) in [5.74, 6) is -1.02. The van der Waals surface area contributed by atoms with E-state index in [0.717, 1.165) is 25.6 Å². The average molecular weight is 256 g/mol. The molecule has 0 aliphatic rings. The molecule has 1 rings (SSSR count). The van der Waals surface area contributed by atoms with Crippen LogP contribution in [0.4, 0.5) is 8.78 Å². The molecule has 0 radical (unpaired) electrons.